The summed E-state index contributed by atoms with van der Waals surface area (Å²) in [7, 11) is -3.25. The Morgan fingerprint density at radius 1 is 0.773 bits per heavy atom. The van der Waals surface area contributed by atoms with Crippen LogP contribution in [0.1, 0.15) is 17.9 Å². The van der Waals surface area contributed by atoms with Crippen LogP contribution in [0.25, 0.3) is 10.8 Å². The topological polar surface area (TPSA) is 34.1 Å². The molecule has 2 nitrogen and oxygen atoms in total. The largest absolute Gasteiger partial charge is 0.223 e. The summed E-state index contributed by atoms with van der Waals surface area (Å²) in [4.78, 5) is 0.439. The third kappa shape index (κ3) is 2.22. The Hall–Kier alpha value is -2.13. The van der Waals surface area contributed by atoms with Gasteiger partial charge in [-0.15, -0.1) is 0 Å². The first kappa shape index (κ1) is 13.5. The molecule has 3 aromatic carbocycles. The van der Waals surface area contributed by atoms with Crippen molar-refractivity contribution in [2.24, 2.45) is 0 Å². The number of sulfone groups is 1. The summed E-state index contributed by atoms with van der Waals surface area (Å²) >= 11 is 0. The smallest absolute Gasteiger partial charge is 0.181 e. The zero-order chi connectivity index (χ0) is 15.2. The Bertz CT molecular complexity index is 930. The van der Waals surface area contributed by atoms with E-state index in [2.05, 4.69) is 0 Å². The lowest BCUT2D eigenvalue weighted by molar-refractivity contribution is 0.594. The minimum absolute atomic E-state index is 0.137. The molecule has 22 heavy (non-hydrogen) atoms. The lowest BCUT2D eigenvalue weighted by atomic mass is 10.1. The molecular formula is C19H16O2S. The van der Waals surface area contributed by atoms with Crippen LogP contribution < -0.4 is 0 Å². The Morgan fingerprint density at radius 2 is 1.45 bits per heavy atom. The molecule has 3 aromatic rings. The molecule has 0 saturated heterocycles. The SMILES string of the molecule is O=S(=O)(c1ccc2ccccc2c1)[C@H]1C[C@@H]1c1ccccc1. The average Bonchev–Trinajstić information content (AvgIpc) is 3.37. The second-order valence-corrected chi connectivity index (χ2v) is 8.01. The van der Waals surface area contributed by atoms with Crippen molar-refractivity contribution in [3.63, 3.8) is 0 Å². The molecule has 0 amide bonds. The molecule has 0 bridgehead atoms. The van der Waals surface area contributed by atoms with Gasteiger partial charge in [-0.05, 0) is 34.9 Å². The average molecular weight is 308 g/mol. The van der Waals surface area contributed by atoms with E-state index in [4.69, 9.17) is 0 Å². The summed E-state index contributed by atoms with van der Waals surface area (Å²) in [6.07, 6.45) is 0.721. The van der Waals surface area contributed by atoms with Crippen molar-refractivity contribution in [2.75, 3.05) is 0 Å². The van der Waals surface area contributed by atoms with Gasteiger partial charge in [-0.2, -0.15) is 0 Å². The zero-order valence-electron chi connectivity index (χ0n) is 12.0. The number of benzene rings is 3. The molecule has 0 aliphatic heterocycles. The van der Waals surface area contributed by atoms with Crippen molar-refractivity contribution in [3.05, 3.63) is 78.4 Å². The fourth-order valence-corrected chi connectivity index (χ4v) is 5.03. The van der Waals surface area contributed by atoms with Crippen LogP contribution in [0.5, 0.6) is 0 Å². The summed E-state index contributed by atoms with van der Waals surface area (Å²) < 4.78 is 25.6. The van der Waals surface area contributed by atoms with Gasteiger partial charge in [0.2, 0.25) is 0 Å². The molecule has 4 rings (SSSR count). The van der Waals surface area contributed by atoms with Gasteiger partial charge in [0.05, 0.1) is 10.1 Å². The molecule has 1 aliphatic carbocycles. The first-order valence-electron chi connectivity index (χ1n) is 7.44. The summed E-state index contributed by atoms with van der Waals surface area (Å²) in [6.45, 7) is 0. The molecule has 1 aliphatic rings. The van der Waals surface area contributed by atoms with E-state index in [1.807, 2.05) is 60.7 Å². The molecule has 0 aromatic heterocycles. The zero-order valence-corrected chi connectivity index (χ0v) is 12.8. The highest BCUT2D eigenvalue weighted by Gasteiger charge is 2.48. The van der Waals surface area contributed by atoms with Crippen LogP contribution >= 0.6 is 0 Å². The van der Waals surface area contributed by atoms with Crippen LogP contribution in [-0.2, 0) is 9.84 Å². The fraction of sp³-hybridized carbons (Fsp3) is 0.158. The maximum Gasteiger partial charge on any atom is 0.181 e. The number of hydrogen-bond acceptors (Lipinski definition) is 2. The Balaban J connectivity index is 1.69. The third-order valence-corrected chi connectivity index (χ3v) is 6.64. The highest BCUT2D eigenvalue weighted by molar-refractivity contribution is 7.92. The van der Waals surface area contributed by atoms with Crippen LogP contribution in [0.15, 0.2) is 77.7 Å². The lowest BCUT2D eigenvalue weighted by Gasteiger charge is -2.06. The van der Waals surface area contributed by atoms with Crippen molar-refractivity contribution in [1.29, 1.82) is 0 Å². The Morgan fingerprint density at radius 3 is 2.23 bits per heavy atom. The molecule has 110 valence electrons. The van der Waals surface area contributed by atoms with Crippen molar-refractivity contribution in [2.45, 2.75) is 22.5 Å². The summed E-state index contributed by atoms with van der Waals surface area (Å²) in [5.41, 5.74) is 1.12. The lowest BCUT2D eigenvalue weighted by Crippen LogP contribution is -2.09. The molecule has 0 unspecified atom stereocenters. The standard InChI is InChI=1S/C19H16O2S/c20-22(21,19-13-18(19)15-7-2-1-3-8-15)17-11-10-14-6-4-5-9-16(14)12-17/h1-12,18-19H,13H2/t18-,19+/m1/s1. The highest BCUT2D eigenvalue weighted by Crippen LogP contribution is 2.48. The van der Waals surface area contributed by atoms with Crippen LogP contribution in [0, 0.1) is 0 Å². The molecule has 2 atom stereocenters. The normalized spacial score (nSPS) is 20.9. The molecule has 0 heterocycles. The van der Waals surface area contributed by atoms with Gasteiger partial charge >= 0.3 is 0 Å². The van der Waals surface area contributed by atoms with E-state index in [1.54, 1.807) is 12.1 Å². The van der Waals surface area contributed by atoms with Gasteiger partial charge in [0.1, 0.15) is 0 Å². The highest BCUT2D eigenvalue weighted by atomic mass is 32.2. The maximum absolute atomic E-state index is 12.8. The van der Waals surface area contributed by atoms with E-state index in [-0.39, 0.29) is 11.2 Å². The van der Waals surface area contributed by atoms with E-state index in [9.17, 15) is 8.42 Å². The predicted octanol–water partition coefficient (Wildman–Crippen LogP) is 4.17. The Labute approximate surface area is 130 Å². The molecular weight excluding hydrogens is 292 g/mol. The van der Waals surface area contributed by atoms with E-state index in [0.717, 1.165) is 22.8 Å². The fourth-order valence-electron chi connectivity index (χ4n) is 3.08. The molecule has 0 spiro atoms. The van der Waals surface area contributed by atoms with Crippen molar-refractivity contribution >= 4 is 20.6 Å². The van der Waals surface area contributed by atoms with Crippen molar-refractivity contribution < 1.29 is 8.42 Å². The minimum atomic E-state index is -3.25. The van der Waals surface area contributed by atoms with E-state index in [1.165, 1.54) is 0 Å². The molecule has 0 N–H and O–H groups in total. The molecule has 0 radical (unpaired) electrons. The summed E-state index contributed by atoms with van der Waals surface area (Å²) in [6, 6.07) is 23.2. The number of fused-ring (bicyclic) bond motifs is 1. The van der Waals surface area contributed by atoms with E-state index >= 15 is 0 Å². The van der Waals surface area contributed by atoms with Crippen molar-refractivity contribution in [3.8, 4) is 0 Å². The first-order chi connectivity index (χ1) is 10.7. The van der Waals surface area contributed by atoms with Gasteiger partial charge < -0.3 is 0 Å². The predicted molar refractivity (Wildman–Crippen MR) is 88.7 cm³/mol. The van der Waals surface area contributed by atoms with Gasteiger partial charge in [0.25, 0.3) is 0 Å². The van der Waals surface area contributed by atoms with E-state index in [0.29, 0.717) is 4.90 Å². The second-order valence-electron chi connectivity index (χ2n) is 5.85. The van der Waals surface area contributed by atoms with Crippen LogP contribution in [0.3, 0.4) is 0 Å². The number of rotatable bonds is 3. The number of hydrogen-bond donors (Lipinski definition) is 0. The quantitative estimate of drug-likeness (QED) is 0.728. The molecule has 3 heteroatoms. The van der Waals surface area contributed by atoms with Crippen LogP contribution in [0.2, 0.25) is 0 Å². The van der Waals surface area contributed by atoms with Crippen LogP contribution in [0.4, 0.5) is 0 Å². The minimum Gasteiger partial charge on any atom is -0.223 e. The van der Waals surface area contributed by atoms with Crippen LogP contribution in [-0.4, -0.2) is 13.7 Å². The molecule has 1 saturated carbocycles. The summed E-state index contributed by atoms with van der Waals surface area (Å²) in [5.74, 6) is 0.137. The van der Waals surface area contributed by atoms with Crippen molar-refractivity contribution in [1.82, 2.24) is 0 Å². The van der Waals surface area contributed by atoms with Gasteiger partial charge in [0, 0.05) is 5.92 Å². The van der Waals surface area contributed by atoms with E-state index < -0.39 is 9.84 Å². The van der Waals surface area contributed by atoms with Gasteiger partial charge in [-0.25, -0.2) is 8.42 Å². The van der Waals surface area contributed by atoms with Gasteiger partial charge in [-0.3, -0.25) is 0 Å². The summed E-state index contributed by atoms with van der Waals surface area (Å²) in [5, 5.41) is 1.76. The second kappa shape index (κ2) is 4.96. The first-order valence-corrected chi connectivity index (χ1v) is 8.98. The van der Waals surface area contributed by atoms with Gasteiger partial charge in [0.15, 0.2) is 9.84 Å². The molecule has 1 fully saturated rings. The maximum atomic E-state index is 12.8. The Kier molecular flexibility index (Phi) is 3.05. The third-order valence-electron chi connectivity index (χ3n) is 4.41. The van der Waals surface area contributed by atoms with Gasteiger partial charge in [-0.1, -0.05) is 60.7 Å². The monoisotopic (exact) mass is 308 g/mol.